The molecule has 0 fully saturated rings. The van der Waals surface area contributed by atoms with Gasteiger partial charge in [0.05, 0.1) is 0 Å². The maximum Gasteiger partial charge on any atom is 1.00 e. The number of rotatable bonds is 0. The van der Waals surface area contributed by atoms with E-state index < -0.39 is 0 Å². The summed E-state index contributed by atoms with van der Waals surface area (Å²) in [6.45, 7) is 7.00. The van der Waals surface area contributed by atoms with Gasteiger partial charge >= 0.3 is 206 Å². The molecule has 0 aliphatic rings. The van der Waals surface area contributed by atoms with Crippen molar-refractivity contribution in [3.8, 4) is 13.1 Å². The first kappa shape index (κ1) is 45.5. The van der Waals surface area contributed by atoms with Crippen LogP contribution in [-0.4, -0.2) is 0 Å². The monoisotopic (exact) mass is 411 g/mol. The van der Waals surface area contributed by atoms with Gasteiger partial charge in [0.1, 0.15) is 0 Å². The average molecular weight is 411 g/mol. The summed E-state index contributed by atoms with van der Waals surface area (Å²) in [5.74, 6) is 0. The van der Waals surface area contributed by atoms with E-state index in [1.54, 1.807) is 0 Å². The molecule has 0 aromatic heterocycles. The molecule has 0 heterocycles. The van der Waals surface area contributed by atoms with Gasteiger partial charge < -0.3 is 5.71 Å². The van der Waals surface area contributed by atoms with E-state index >= 15 is 0 Å². The van der Waals surface area contributed by atoms with Crippen molar-refractivity contribution in [2.45, 2.75) is 0 Å². The first-order chi connectivity index (χ1) is 2.00. The third kappa shape index (κ3) is 54.7. The molecule has 0 saturated heterocycles. The van der Waals surface area contributed by atoms with Crippen LogP contribution in [0.2, 0.25) is 0 Å². The minimum absolute atomic E-state index is 0. The zero-order valence-corrected chi connectivity index (χ0v) is 21.0. The van der Waals surface area contributed by atoms with Gasteiger partial charge in [-0.1, -0.05) is 0 Å². The molecule has 0 spiro atoms. The van der Waals surface area contributed by atoms with Gasteiger partial charge in [-0.3, -0.25) is 0 Å². The third-order valence-corrected chi connectivity index (χ3v) is 0. The van der Waals surface area contributed by atoms with Crippen molar-refractivity contribution < 1.29 is 234 Å². The van der Waals surface area contributed by atoms with Crippen LogP contribution in [0.25, 0.3) is 0 Å². The number of nitrogens with zero attached hydrogens (tertiary/aromatic N) is 2. The molecular weight excluding hydrogens is 405 g/mol. The fraction of sp³-hybridized carbons (Fsp3) is 0. The van der Waals surface area contributed by atoms with E-state index in [1.807, 2.05) is 0 Å². The van der Waals surface area contributed by atoms with Crippen molar-refractivity contribution in [2.24, 2.45) is 0 Å². The molecule has 2 nitrogen and oxygen atoms in total. The van der Waals surface area contributed by atoms with E-state index in [9.17, 15) is 0 Å². The second kappa shape index (κ2) is 63.9. The molecule has 0 rings (SSSR count). The van der Waals surface area contributed by atoms with E-state index in [0.717, 1.165) is 0 Å². The van der Waals surface area contributed by atoms with E-state index in [2.05, 4.69) is 13.1 Å². The molecule has 0 unspecified atom stereocenters. The van der Waals surface area contributed by atoms with Gasteiger partial charge in [-0.05, 0) is 0 Å². The first-order valence-corrected chi connectivity index (χ1v) is 0.516. The zero-order valence-electron chi connectivity index (χ0n) is 10.4. The third-order valence-electron chi connectivity index (χ3n) is 0. The van der Waals surface area contributed by atoms with Gasteiger partial charge in [0, 0.05) is 35.5 Å². The van der Waals surface area contributed by atoms with Crippen LogP contribution in [0, 0.1) is 23.7 Å². The quantitative estimate of drug-likeness (QED) is 0.372. The van der Waals surface area contributed by atoms with Crippen LogP contribution >= 0.6 is 0 Å². The van der Waals surface area contributed by atoms with E-state index in [0.29, 0.717) is 0 Å². The van der Waals surface area contributed by atoms with Crippen LogP contribution in [0.5, 0.6) is 0 Å². The Morgan fingerprint density at radius 1 is 0.667 bits per heavy atom. The van der Waals surface area contributed by atoms with E-state index in [1.165, 1.54) is 0 Å². The van der Waals surface area contributed by atoms with Crippen molar-refractivity contribution >= 4 is 0 Å². The van der Waals surface area contributed by atoms with Crippen molar-refractivity contribution in [3.63, 3.8) is 0 Å². The molecule has 0 aliphatic heterocycles. The van der Waals surface area contributed by atoms with Crippen molar-refractivity contribution in [3.05, 3.63) is 0 Å². The molecule has 0 bridgehead atoms. The summed E-state index contributed by atoms with van der Waals surface area (Å²) in [6.07, 6.45) is 0. The molecule has 0 saturated carbocycles. The largest absolute Gasteiger partial charge is 1.00 e. The number of hydrogen-bond acceptors (Lipinski definition) is 2. The Bertz CT molecular complexity index is 43.6. The summed E-state index contributed by atoms with van der Waals surface area (Å²) in [5.41, 5.74) is 0. The Morgan fingerprint density at radius 2 is 0.667 bits per heavy atom. The number of hydrogen-bond donors (Lipinski definition) is 0. The van der Waals surface area contributed by atoms with Crippen molar-refractivity contribution in [2.75, 3.05) is 0 Å². The smallest absolute Gasteiger partial charge is 1.00 e. The summed E-state index contributed by atoms with van der Waals surface area (Å²) >= 11 is 0. The molecule has 0 N–H and O–H groups in total. The van der Waals surface area contributed by atoms with Crippen LogP contribution in [-0.2, 0) is 22.4 Å². The molecule has 0 aromatic rings. The number of nitriles is 2. The van der Waals surface area contributed by atoms with Crippen molar-refractivity contribution in [1.29, 1.82) is 10.5 Å². The second-order valence-corrected chi connectivity index (χ2v) is 0. The topological polar surface area (TPSA) is 47.6 Å². The molecule has 9 heavy (non-hydrogen) atoms. The molecule has 0 aromatic carbocycles. The van der Waals surface area contributed by atoms with Gasteiger partial charge in [-0.25, -0.2) is 10.5 Å². The van der Waals surface area contributed by atoms with Gasteiger partial charge in [0.2, 0.25) is 0 Å². The Morgan fingerprint density at radius 3 is 0.667 bits per heavy atom. The maximum atomic E-state index is 6.50. The van der Waals surface area contributed by atoms with Gasteiger partial charge in [-0.15, -0.1) is 0 Å². The van der Waals surface area contributed by atoms with Crippen LogP contribution in [0.3, 0.4) is 0 Å². The fourth-order valence-corrected chi connectivity index (χ4v) is 0. The molecule has 39 valence electrons. The van der Waals surface area contributed by atoms with Crippen LogP contribution < -0.4 is 206 Å². The molecular formula is C2H6AuK4N2. The van der Waals surface area contributed by atoms with Gasteiger partial charge in [-0.2, -0.15) is 0 Å². The minimum atomic E-state index is 0. The fourth-order valence-electron chi connectivity index (χ4n) is 0. The summed E-state index contributed by atoms with van der Waals surface area (Å²) in [6, 6.07) is 0. The molecule has 0 atom stereocenters. The summed E-state index contributed by atoms with van der Waals surface area (Å²) in [7, 11) is 0. The van der Waals surface area contributed by atoms with Gasteiger partial charge in [0.25, 0.3) is 0 Å². The normalized spacial score (nSPS) is 0.444. The molecule has 0 aliphatic carbocycles. The standard InChI is InChI=1S/2CHN.Au.4K.4H/c2*1-2;;;;;;;;;/h2*1H;;;;;;;;;/q;;;4*+1;4*-1. The summed E-state index contributed by atoms with van der Waals surface area (Å²) < 4.78 is 0. The Hall–Kier alpha value is 6.27. The van der Waals surface area contributed by atoms with Crippen LogP contribution in [0.4, 0.5) is 0 Å². The predicted octanol–water partition coefficient (Wildman–Crippen LogP) is -11.3. The van der Waals surface area contributed by atoms with E-state index in [4.69, 9.17) is 10.5 Å². The minimum Gasteiger partial charge on any atom is -1.00 e. The average Bonchev–Trinajstić information content (AvgIpc) is 1.50. The summed E-state index contributed by atoms with van der Waals surface area (Å²) in [5, 5.41) is 13.0. The predicted molar refractivity (Wildman–Crippen MR) is 17.8 cm³/mol. The maximum absolute atomic E-state index is 6.50. The molecule has 1 radical (unpaired) electrons. The van der Waals surface area contributed by atoms with Gasteiger partial charge in [0.15, 0.2) is 0 Å². The van der Waals surface area contributed by atoms with Crippen molar-refractivity contribution in [1.82, 2.24) is 0 Å². The Kier molecular flexibility index (Phi) is 323. The zero-order chi connectivity index (χ0) is 4.00. The second-order valence-electron chi connectivity index (χ2n) is 0. The molecule has 7 heteroatoms. The summed E-state index contributed by atoms with van der Waals surface area (Å²) in [4.78, 5) is 0. The van der Waals surface area contributed by atoms with Crippen LogP contribution in [0.1, 0.15) is 5.71 Å². The first-order valence-electron chi connectivity index (χ1n) is 0.516. The molecule has 0 amide bonds. The Labute approximate surface area is 248 Å². The van der Waals surface area contributed by atoms with E-state index in [-0.39, 0.29) is 234 Å². The van der Waals surface area contributed by atoms with Crippen LogP contribution in [0.15, 0.2) is 0 Å². The Balaban J connectivity index is -0.000000000404. The SMILES string of the molecule is C#N.C#N.[Au].[H-].[H-].[H-].[H-].[K+].[K+].[K+].[K+].